The quantitative estimate of drug-likeness (QED) is 0.733. The van der Waals surface area contributed by atoms with Gasteiger partial charge in [-0.1, -0.05) is 44.2 Å². The highest BCUT2D eigenvalue weighted by atomic mass is 16.3. The van der Waals surface area contributed by atoms with Crippen molar-refractivity contribution < 1.29 is 9.90 Å². The first-order valence-corrected chi connectivity index (χ1v) is 6.11. The molecule has 3 heteroatoms. The molecule has 1 aromatic carbocycles. The van der Waals surface area contributed by atoms with Crippen LogP contribution in [0.15, 0.2) is 30.3 Å². The van der Waals surface area contributed by atoms with Crippen molar-refractivity contribution in [1.29, 1.82) is 0 Å². The van der Waals surface area contributed by atoms with Crippen LogP contribution in [0.1, 0.15) is 24.2 Å². The average molecular weight is 235 g/mol. The summed E-state index contributed by atoms with van der Waals surface area (Å²) in [6.45, 7) is 6.30. The Morgan fingerprint density at radius 3 is 2.53 bits per heavy atom. The Morgan fingerprint density at radius 1 is 1.35 bits per heavy atom. The van der Waals surface area contributed by atoms with Crippen LogP contribution in [0.2, 0.25) is 0 Å². The molecule has 1 atom stereocenters. The lowest BCUT2D eigenvalue weighted by molar-refractivity contribution is 0.0885. The average Bonchev–Trinajstić information content (AvgIpc) is 2.38. The number of aliphatic hydroxyl groups excluding tert-OH is 1. The van der Waals surface area contributed by atoms with Crippen LogP contribution < -0.4 is 0 Å². The van der Waals surface area contributed by atoms with Crippen LogP contribution in [0.3, 0.4) is 0 Å². The number of hydrogen-bond acceptors (Lipinski definition) is 3. The van der Waals surface area contributed by atoms with Crippen molar-refractivity contribution in [2.24, 2.45) is 5.92 Å². The van der Waals surface area contributed by atoms with Crippen molar-refractivity contribution >= 4 is 5.78 Å². The normalized spacial score (nSPS) is 12.7. The van der Waals surface area contributed by atoms with Gasteiger partial charge in [0.2, 0.25) is 0 Å². The van der Waals surface area contributed by atoms with Crippen molar-refractivity contribution in [3.05, 3.63) is 35.9 Å². The smallest absolute Gasteiger partial charge is 0.166 e. The van der Waals surface area contributed by atoms with Gasteiger partial charge in [-0.15, -0.1) is 0 Å². The molecule has 0 radical (unpaired) electrons. The Labute approximate surface area is 103 Å². The lowest BCUT2D eigenvalue weighted by Gasteiger charge is -2.22. The van der Waals surface area contributed by atoms with Crippen LogP contribution >= 0.6 is 0 Å². The molecule has 1 unspecified atom stereocenters. The molecular formula is C14H21NO2. The number of carbonyl (C=O) groups excluding carboxylic acids is 1. The van der Waals surface area contributed by atoms with Crippen molar-refractivity contribution in [2.75, 3.05) is 26.2 Å². The second kappa shape index (κ2) is 7.20. The molecule has 1 aromatic rings. The third-order valence-corrected chi connectivity index (χ3v) is 2.90. The fraction of sp³-hybridized carbons (Fsp3) is 0.500. The maximum atomic E-state index is 12.1. The third-order valence-electron chi connectivity index (χ3n) is 2.90. The molecule has 0 saturated carbocycles. The van der Waals surface area contributed by atoms with E-state index in [0.717, 1.165) is 12.1 Å². The first-order valence-electron chi connectivity index (χ1n) is 6.11. The van der Waals surface area contributed by atoms with E-state index in [-0.39, 0.29) is 18.3 Å². The van der Waals surface area contributed by atoms with E-state index in [1.165, 1.54) is 0 Å². The van der Waals surface area contributed by atoms with E-state index in [0.29, 0.717) is 13.1 Å². The molecule has 0 aliphatic carbocycles. The number of rotatable bonds is 7. The van der Waals surface area contributed by atoms with E-state index in [1.54, 1.807) is 0 Å². The number of hydrogen-bond donors (Lipinski definition) is 1. The van der Waals surface area contributed by atoms with Crippen LogP contribution in [-0.2, 0) is 0 Å². The highest BCUT2D eigenvalue weighted by Gasteiger charge is 2.17. The Morgan fingerprint density at radius 2 is 2.00 bits per heavy atom. The molecule has 0 aromatic heterocycles. The molecule has 3 nitrogen and oxygen atoms in total. The van der Waals surface area contributed by atoms with Crippen molar-refractivity contribution in [2.45, 2.75) is 13.8 Å². The summed E-state index contributed by atoms with van der Waals surface area (Å²) in [6.07, 6.45) is 0. The van der Waals surface area contributed by atoms with Gasteiger partial charge in [-0.05, 0) is 6.54 Å². The summed E-state index contributed by atoms with van der Waals surface area (Å²) >= 11 is 0. The number of Topliss-reactive ketones (excluding diaryl/α,β-unsaturated/α-hetero) is 1. The number of benzene rings is 1. The fourth-order valence-corrected chi connectivity index (χ4v) is 1.88. The summed E-state index contributed by atoms with van der Waals surface area (Å²) in [5.74, 6) is 0.130. The van der Waals surface area contributed by atoms with Gasteiger partial charge in [-0.2, -0.15) is 0 Å². The first kappa shape index (κ1) is 13.9. The van der Waals surface area contributed by atoms with E-state index >= 15 is 0 Å². The molecule has 17 heavy (non-hydrogen) atoms. The number of ketones is 1. The number of likely N-dealkylation sites (N-methyl/N-ethyl adjacent to an activating group) is 1. The van der Waals surface area contributed by atoms with Crippen molar-refractivity contribution in [1.82, 2.24) is 4.90 Å². The van der Waals surface area contributed by atoms with Gasteiger partial charge in [-0.25, -0.2) is 0 Å². The summed E-state index contributed by atoms with van der Waals surface area (Å²) in [5.41, 5.74) is 0.764. The second-order valence-electron chi connectivity index (χ2n) is 4.25. The Kier molecular flexibility index (Phi) is 5.87. The molecule has 0 aliphatic heterocycles. The predicted octanol–water partition coefficient (Wildman–Crippen LogP) is 1.82. The predicted molar refractivity (Wildman–Crippen MR) is 69.1 cm³/mol. The van der Waals surface area contributed by atoms with Crippen LogP contribution in [0, 0.1) is 5.92 Å². The van der Waals surface area contributed by atoms with Crippen molar-refractivity contribution in [3.8, 4) is 0 Å². The minimum Gasteiger partial charge on any atom is -0.395 e. The van der Waals surface area contributed by atoms with E-state index in [2.05, 4.69) is 4.90 Å². The third kappa shape index (κ3) is 4.29. The zero-order chi connectivity index (χ0) is 12.7. The molecule has 0 saturated heterocycles. The monoisotopic (exact) mass is 235 g/mol. The van der Waals surface area contributed by atoms with Crippen LogP contribution in [0.5, 0.6) is 0 Å². The van der Waals surface area contributed by atoms with Crippen LogP contribution in [0.25, 0.3) is 0 Å². The molecule has 1 rings (SSSR count). The topological polar surface area (TPSA) is 40.5 Å². The fourth-order valence-electron chi connectivity index (χ4n) is 1.88. The maximum absolute atomic E-state index is 12.1. The van der Waals surface area contributed by atoms with Crippen LogP contribution in [-0.4, -0.2) is 42.0 Å². The van der Waals surface area contributed by atoms with Gasteiger partial charge in [0.05, 0.1) is 6.61 Å². The van der Waals surface area contributed by atoms with E-state index < -0.39 is 0 Å². The standard InChI is InChI=1S/C14H21NO2/c1-3-15(9-10-16)11-12(2)14(17)13-7-5-4-6-8-13/h4-8,12,16H,3,9-11H2,1-2H3. The first-order chi connectivity index (χ1) is 8.19. The summed E-state index contributed by atoms with van der Waals surface area (Å²) in [5, 5.41) is 8.91. The van der Waals surface area contributed by atoms with Gasteiger partial charge in [-0.3, -0.25) is 4.79 Å². The van der Waals surface area contributed by atoms with E-state index in [1.807, 2.05) is 44.2 Å². The highest BCUT2D eigenvalue weighted by Crippen LogP contribution is 2.10. The molecule has 0 amide bonds. The van der Waals surface area contributed by atoms with Crippen LogP contribution in [0.4, 0.5) is 0 Å². The van der Waals surface area contributed by atoms with Gasteiger partial charge in [0.1, 0.15) is 0 Å². The van der Waals surface area contributed by atoms with Gasteiger partial charge in [0.15, 0.2) is 5.78 Å². The second-order valence-corrected chi connectivity index (χ2v) is 4.25. The van der Waals surface area contributed by atoms with E-state index in [9.17, 15) is 4.79 Å². The molecule has 0 fully saturated rings. The summed E-state index contributed by atoms with van der Waals surface area (Å²) in [4.78, 5) is 14.2. The number of carbonyl (C=O) groups is 1. The zero-order valence-corrected chi connectivity index (χ0v) is 10.6. The van der Waals surface area contributed by atoms with Gasteiger partial charge >= 0.3 is 0 Å². The SMILES string of the molecule is CCN(CCO)CC(C)C(=O)c1ccccc1. The molecule has 94 valence electrons. The lowest BCUT2D eigenvalue weighted by atomic mass is 9.99. The van der Waals surface area contributed by atoms with E-state index in [4.69, 9.17) is 5.11 Å². The highest BCUT2D eigenvalue weighted by molar-refractivity contribution is 5.97. The Balaban J connectivity index is 2.58. The molecule has 0 aliphatic rings. The van der Waals surface area contributed by atoms with Gasteiger partial charge in [0, 0.05) is 24.6 Å². The summed E-state index contributed by atoms with van der Waals surface area (Å²) < 4.78 is 0. The number of aliphatic hydroxyl groups is 1. The largest absolute Gasteiger partial charge is 0.395 e. The summed E-state index contributed by atoms with van der Waals surface area (Å²) in [6, 6.07) is 9.37. The van der Waals surface area contributed by atoms with Gasteiger partial charge in [0.25, 0.3) is 0 Å². The molecule has 0 spiro atoms. The van der Waals surface area contributed by atoms with Crippen molar-refractivity contribution in [3.63, 3.8) is 0 Å². The Hall–Kier alpha value is -1.19. The summed E-state index contributed by atoms with van der Waals surface area (Å²) in [7, 11) is 0. The molecule has 0 heterocycles. The van der Waals surface area contributed by atoms with Gasteiger partial charge < -0.3 is 10.0 Å². The zero-order valence-electron chi connectivity index (χ0n) is 10.6. The lowest BCUT2D eigenvalue weighted by Crippen LogP contribution is -2.33. The molecule has 1 N–H and O–H groups in total. The maximum Gasteiger partial charge on any atom is 0.166 e. The number of nitrogens with zero attached hydrogens (tertiary/aromatic N) is 1. The molecular weight excluding hydrogens is 214 g/mol. The Bertz CT molecular complexity index is 337. The minimum absolute atomic E-state index is 0.0381. The minimum atomic E-state index is -0.0381. The molecule has 0 bridgehead atoms.